The summed E-state index contributed by atoms with van der Waals surface area (Å²) in [5, 5.41) is 14.9. The molecule has 0 saturated carbocycles. The second kappa shape index (κ2) is 9.95. The third kappa shape index (κ3) is 5.07. The minimum absolute atomic E-state index is 0. The summed E-state index contributed by atoms with van der Waals surface area (Å²) in [5.41, 5.74) is 2.05. The van der Waals surface area contributed by atoms with E-state index in [4.69, 9.17) is 4.74 Å². The largest absolute Gasteiger partial charge is 0.497 e. The van der Waals surface area contributed by atoms with Crippen LogP contribution in [0.3, 0.4) is 0 Å². The van der Waals surface area contributed by atoms with E-state index >= 15 is 0 Å². The van der Waals surface area contributed by atoms with Crippen LogP contribution in [0.15, 0.2) is 53.7 Å². The van der Waals surface area contributed by atoms with Gasteiger partial charge >= 0.3 is 0 Å². The quantitative estimate of drug-likeness (QED) is 0.331. The molecule has 0 radical (unpaired) electrons. The van der Waals surface area contributed by atoms with E-state index in [-0.39, 0.29) is 24.0 Å². The van der Waals surface area contributed by atoms with Crippen LogP contribution in [0.5, 0.6) is 5.75 Å². The smallest absolute Gasteiger partial charge is 0.191 e. The standard InChI is InChI=1S/C18H22N6O.HI/c1-19-18(20-10-9-14-6-5-7-15(12-14)25-2)21-13-17-23-22-16-8-3-4-11-24(16)17;/h3-8,11-12H,9-10,13H2,1-2H3,(H2,19,20,21);1H. The summed E-state index contributed by atoms with van der Waals surface area (Å²) in [6.07, 6.45) is 2.83. The number of nitrogens with one attached hydrogen (secondary N) is 2. The fourth-order valence-electron chi connectivity index (χ4n) is 2.55. The molecule has 0 atom stereocenters. The monoisotopic (exact) mass is 466 g/mol. The molecule has 8 heteroatoms. The maximum atomic E-state index is 5.25. The Morgan fingerprint density at radius 2 is 2.04 bits per heavy atom. The number of pyridine rings is 1. The number of hydrogen-bond donors (Lipinski definition) is 2. The highest BCUT2D eigenvalue weighted by Crippen LogP contribution is 2.12. The van der Waals surface area contributed by atoms with Gasteiger partial charge in [-0.15, -0.1) is 34.2 Å². The Kier molecular flexibility index (Phi) is 7.64. The van der Waals surface area contributed by atoms with Crippen LogP contribution < -0.4 is 15.4 Å². The van der Waals surface area contributed by atoms with E-state index in [1.165, 1.54) is 5.56 Å². The third-order valence-corrected chi connectivity index (χ3v) is 3.86. The van der Waals surface area contributed by atoms with Gasteiger partial charge in [0.25, 0.3) is 0 Å². The Morgan fingerprint density at radius 1 is 1.15 bits per heavy atom. The molecule has 0 amide bonds. The van der Waals surface area contributed by atoms with E-state index in [0.717, 1.165) is 36.1 Å². The highest BCUT2D eigenvalue weighted by molar-refractivity contribution is 14.0. The summed E-state index contributed by atoms with van der Waals surface area (Å²) < 4.78 is 7.20. The lowest BCUT2D eigenvalue weighted by Gasteiger charge is -2.11. The average Bonchev–Trinajstić information content (AvgIpc) is 3.08. The molecule has 138 valence electrons. The van der Waals surface area contributed by atoms with Gasteiger partial charge in [-0.25, -0.2) is 0 Å². The lowest BCUT2D eigenvalue weighted by Crippen LogP contribution is -2.38. The zero-order valence-electron chi connectivity index (χ0n) is 14.8. The molecule has 0 unspecified atom stereocenters. The fraction of sp³-hybridized carbons (Fsp3) is 0.278. The first kappa shape index (κ1) is 20.0. The number of rotatable bonds is 6. The van der Waals surface area contributed by atoms with Crippen LogP contribution in [-0.4, -0.2) is 41.3 Å². The van der Waals surface area contributed by atoms with Crippen molar-refractivity contribution >= 4 is 35.6 Å². The van der Waals surface area contributed by atoms with Gasteiger partial charge < -0.3 is 15.4 Å². The minimum atomic E-state index is 0. The maximum absolute atomic E-state index is 5.25. The number of hydrogen-bond acceptors (Lipinski definition) is 4. The molecule has 3 aromatic rings. The zero-order valence-corrected chi connectivity index (χ0v) is 17.2. The lowest BCUT2D eigenvalue weighted by molar-refractivity contribution is 0.414. The van der Waals surface area contributed by atoms with Gasteiger partial charge in [-0.2, -0.15) is 0 Å². The Labute approximate surface area is 169 Å². The van der Waals surface area contributed by atoms with Gasteiger partial charge in [0.2, 0.25) is 0 Å². The van der Waals surface area contributed by atoms with Crippen molar-refractivity contribution in [3.05, 3.63) is 60.0 Å². The van der Waals surface area contributed by atoms with Gasteiger partial charge in [0.15, 0.2) is 17.4 Å². The third-order valence-electron chi connectivity index (χ3n) is 3.86. The number of aromatic nitrogens is 3. The van der Waals surface area contributed by atoms with Crippen LogP contribution in [0.1, 0.15) is 11.4 Å². The summed E-state index contributed by atoms with van der Waals surface area (Å²) in [7, 11) is 3.43. The van der Waals surface area contributed by atoms with E-state index in [0.29, 0.717) is 6.54 Å². The molecule has 3 rings (SSSR count). The second-order valence-corrected chi connectivity index (χ2v) is 5.50. The summed E-state index contributed by atoms with van der Waals surface area (Å²) in [5.74, 6) is 2.45. The first-order valence-corrected chi connectivity index (χ1v) is 8.16. The highest BCUT2D eigenvalue weighted by atomic mass is 127. The Bertz CT molecular complexity index is 864. The van der Waals surface area contributed by atoms with Gasteiger partial charge in [-0.3, -0.25) is 9.39 Å². The van der Waals surface area contributed by atoms with E-state index in [9.17, 15) is 0 Å². The van der Waals surface area contributed by atoms with Crippen LogP contribution in [0.25, 0.3) is 5.65 Å². The second-order valence-electron chi connectivity index (χ2n) is 5.50. The van der Waals surface area contributed by atoms with Crippen molar-refractivity contribution < 1.29 is 4.74 Å². The summed E-state index contributed by atoms with van der Waals surface area (Å²) in [4.78, 5) is 4.24. The van der Waals surface area contributed by atoms with Gasteiger partial charge in [-0.1, -0.05) is 18.2 Å². The molecule has 0 aliphatic carbocycles. The maximum Gasteiger partial charge on any atom is 0.191 e. The topological polar surface area (TPSA) is 75.8 Å². The highest BCUT2D eigenvalue weighted by Gasteiger charge is 2.05. The van der Waals surface area contributed by atoms with E-state index in [1.54, 1.807) is 14.2 Å². The average molecular weight is 466 g/mol. The molecular weight excluding hydrogens is 443 g/mol. The molecule has 7 nitrogen and oxygen atoms in total. The van der Waals surface area contributed by atoms with Gasteiger partial charge in [0.05, 0.1) is 13.7 Å². The summed E-state index contributed by atoms with van der Waals surface area (Å²) in [6.45, 7) is 1.32. The van der Waals surface area contributed by atoms with Crippen molar-refractivity contribution in [1.82, 2.24) is 25.2 Å². The van der Waals surface area contributed by atoms with Crippen molar-refractivity contribution in [2.75, 3.05) is 20.7 Å². The molecule has 0 aliphatic rings. The van der Waals surface area contributed by atoms with Gasteiger partial charge in [0.1, 0.15) is 5.75 Å². The Morgan fingerprint density at radius 3 is 2.85 bits per heavy atom. The number of benzene rings is 1. The molecule has 0 spiro atoms. The lowest BCUT2D eigenvalue weighted by atomic mass is 10.1. The molecule has 0 fully saturated rings. The molecular formula is C18H23IN6O. The predicted octanol–water partition coefficient (Wildman–Crippen LogP) is 2.26. The Balaban J connectivity index is 0.00000243. The first-order valence-electron chi connectivity index (χ1n) is 8.16. The zero-order chi connectivity index (χ0) is 17.5. The number of guanidine groups is 1. The molecule has 0 aliphatic heterocycles. The van der Waals surface area contributed by atoms with Crippen molar-refractivity contribution in [3.8, 4) is 5.75 Å². The number of fused-ring (bicyclic) bond motifs is 1. The number of aliphatic imine (C=N–C) groups is 1. The van der Waals surface area contributed by atoms with Crippen LogP contribution >= 0.6 is 24.0 Å². The van der Waals surface area contributed by atoms with Crippen LogP contribution in [-0.2, 0) is 13.0 Å². The van der Waals surface area contributed by atoms with E-state index in [2.05, 4.69) is 31.9 Å². The SMILES string of the molecule is CN=C(NCCc1cccc(OC)c1)NCc1nnc2ccccn12.I. The summed E-state index contributed by atoms with van der Waals surface area (Å²) in [6, 6.07) is 13.9. The van der Waals surface area contributed by atoms with Crippen LogP contribution in [0.2, 0.25) is 0 Å². The minimum Gasteiger partial charge on any atom is -0.497 e. The number of methoxy groups -OCH3 is 1. The van der Waals surface area contributed by atoms with Crippen molar-refractivity contribution in [3.63, 3.8) is 0 Å². The summed E-state index contributed by atoms with van der Waals surface area (Å²) >= 11 is 0. The van der Waals surface area contributed by atoms with Crippen molar-refractivity contribution in [2.45, 2.75) is 13.0 Å². The molecule has 0 bridgehead atoms. The molecule has 2 heterocycles. The number of halogens is 1. The molecule has 1 aromatic carbocycles. The molecule has 2 aromatic heterocycles. The number of nitrogens with zero attached hydrogens (tertiary/aromatic N) is 4. The van der Waals surface area contributed by atoms with Gasteiger partial charge in [-0.05, 0) is 36.2 Å². The normalized spacial score (nSPS) is 11.1. The molecule has 26 heavy (non-hydrogen) atoms. The van der Waals surface area contributed by atoms with Crippen LogP contribution in [0.4, 0.5) is 0 Å². The fourth-order valence-corrected chi connectivity index (χ4v) is 2.55. The van der Waals surface area contributed by atoms with Crippen molar-refractivity contribution in [2.24, 2.45) is 4.99 Å². The predicted molar refractivity (Wildman–Crippen MR) is 113 cm³/mol. The van der Waals surface area contributed by atoms with Crippen molar-refractivity contribution in [1.29, 1.82) is 0 Å². The van der Waals surface area contributed by atoms with E-state index in [1.807, 2.05) is 47.0 Å². The molecule has 2 N–H and O–H groups in total. The van der Waals surface area contributed by atoms with Gasteiger partial charge in [0, 0.05) is 19.8 Å². The Hall–Kier alpha value is -2.36. The first-order chi connectivity index (χ1) is 12.3. The number of ether oxygens (including phenoxy) is 1. The van der Waals surface area contributed by atoms with Crippen LogP contribution in [0, 0.1) is 0 Å². The van der Waals surface area contributed by atoms with E-state index < -0.39 is 0 Å². The molecule has 0 saturated heterocycles.